The zero-order valence-corrected chi connectivity index (χ0v) is 19.4. The van der Waals surface area contributed by atoms with E-state index in [2.05, 4.69) is 33.5 Å². The van der Waals surface area contributed by atoms with Crippen LogP contribution in [-0.2, 0) is 11.2 Å². The topological polar surface area (TPSA) is 69.6 Å². The van der Waals surface area contributed by atoms with Crippen molar-refractivity contribution in [2.75, 3.05) is 38.6 Å². The van der Waals surface area contributed by atoms with Crippen LogP contribution in [0.2, 0.25) is 0 Å². The molecule has 0 saturated carbocycles. The predicted molar refractivity (Wildman–Crippen MR) is 127 cm³/mol. The zero-order valence-electron chi connectivity index (χ0n) is 18.6. The third-order valence-electron chi connectivity index (χ3n) is 5.70. The molecule has 0 aliphatic carbocycles. The second-order valence-corrected chi connectivity index (χ2v) is 8.92. The van der Waals surface area contributed by atoms with E-state index in [9.17, 15) is 9.59 Å². The third kappa shape index (κ3) is 4.50. The molecule has 166 valence electrons. The summed E-state index contributed by atoms with van der Waals surface area (Å²) in [6.07, 6.45) is 3.55. The average molecular weight is 450 g/mol. The Morgan fingerprint density at radius 3 is 2.44 bits per heavy atom. The quantitative estimate of drug-likeness (QED) is 0.578. The predicted octanol–water partition coefficient (Wildman–Crippen LogP) is 3.19. The maximum absolute atomic E-state index is 13.3. The smallest absolute Gasteiger partial charge is 0.257 e. The van der Waals surface area contributed by atoms with E-state index in [1.54, 1.807) is 21.1 Å². The van der Waals surface area contributed by atoms with Gasteiger partial charge in [0.15, 0.2) is 0 Å². The van der Waals surface area contributed by atoms with Gasteiger partial charge >= 0.3 is 0 Å². The average Bonchev–Trinajstić information content (AvgIpc) is 3.35. The second-order valence-electron chi connectivity index (χ2n) is 7.98. The highest BCUT2D eigenvalue weighted by molar-refractivity contribution is 7.13. The van der Waals surface area contributed by atoms with Gasteiger partial charge in [0.2, 0.25) is 11.9 Å². The van der Waals surface area contributed by atoms with Gasteiger partial charge in [-0.3, -0.25) is 9.59 Å². The van der Waals surface area contributed by atoms with Gasteiger partial charge in [-0.25, -0.2) is 9.97 Å². The molecule has 3 heterocycles. The monoisotopic (exact) mass is 449 g/mol. The van der Waals surface area contributed by atoms with Gasteiger partial charge in [0.1, 0.15) is 6.04 Å². The number of benzene rings is 1. The van der Waals surface area contributed by atoms with Gasteiger partial charge in [0, 0.05) is 57.4 Å². The molecule has 1 aromatic carbocycles. The summed E-state index contributed by atoms with van der Waals surface area (Å²) < 4.78 is 0. The lowest BCUT2D eigenvalue weighted by Gasteiger charge is -2.40. The van der Waals surface area contributed by atoms with Crippen LogP contribution < -0.4 is 4.90 Å². The molecular formula is C24H27N5O2S. The van der Waals surface area contributed by atoms with Crippen LogP contribution in [0.15, 0.2) is 54.2 Å². The third-order valence-corrected chi connectivity index (χ3v) is 6.62. The lowest BCUT2D eigenvalue weighted by molar-refractivity contribution is -0.139. The first kappa shape index (κ1) is 22.0. The van der Waals surface area contributed by atoms with Gasteiger partial charge in [-0.1, -0.05) is 30.3 Å². The van der Waals surface area contributed by atoms with Crippen molar-refractivity contribution in [1.82, 2.24) is 19.8 Å². The number of anilines is 1. The summed E-state index contributed by atoms with van der Waals surface area (Å²) in [5, 5.41) is 2.06. The van der Waals surface area contributed by atoms with Crippen LogP contribution in [0.25, 0.3) is 10.4 Å². The lowest BCUT2D eigenvalue weighted by atomic mass is 9.99. The van der Waals surface area contributed by atoms with E-state index in [1.165, 1.54) is 17.3 Å². The number of rotatable bonds is 6. The Hall–Kier alpha value is -3.26. The van der Waals surface area contributed by atoms with Crippen LogP contribution in [0.5, 0.6) is 0 Å². The number of hydrogen-bond acceptors (Lipinski definition) is 6. The van der Waals surface area contributed by atoms with Crippen LogP contribution >= 0.6 is 11.3 Å². The molecular weight excluding hydrogens is 422 g/mol. The summed E-state index contributed by atoms with van der Waals surface area (Å²) in [6, 6.07) is 11.8. The molecule has 4 rings (SSSR count). The minimum Gasteiger partial charge on any atom is -0.347 e. The minimum atomic E-state index is -0.544. The van der Waals surface area contributed by atoms with Crippen molar-refractivity contribution in [1.29, 1.82) is 0 Å². The molecule has 2 amide bonds. The Kier molecular flexibility index (Phi) is 6.50. The van der Waals surface area contributed by atoms with Crippen LogP contribution in [0.1, 0.15) is 22.8 Å². The first-order chi connectivity index (χ1) is 15.5. The molecule has 3 aromatic rings. The number of nitrogens with zero attached hydrogens (tertiary/aromatic N) is 5. The molecule has 1 atom stereocenters. The Bertz CT molecular complexity index is 1060. The summed E-state index contributed by atoms with van der Waals surface area (Å²) in [6.45, 7) is 3.63. The molecule has 2 aromatic heterocycles. The molecule has 1 fully saturated rings. The molecule has 1 saturated heterocycles. The fraction of sp³-hybridized carbons (Fsp3) is 0.333. The number of aromatic nitrogens is 2. The highest BCUT2D eigenvalue weighted by Gasteiger charge is 2.37. The van der Waals surface area contributed by atoms with Crippen LogP contribution in [0.3, 0.4) is 0 Å². The molecule has 7 nitrogen and oxygen atoms in total. The van der Waals surface area contributed by atoms with Crippen molar-refractivity contribution in [2.24, 2.45) is 0 Å². The van der Waals surface area contributed by atoms with Crippen LogP contribution in [0.4, 0.5) is 5.95 Å². The van der Waals surface area contributed by atoms with Crippen LogP contribution in [-0.4, -0.2) is 71.4 Å². The first-order valence-electron chi connectivity index (χ1n) is 10.7. The molecule has 8 heteroatoms. The summed E-state index contributed by atoms with van der Waals surface area (Å²) in [5.74, 6) is 0.315. The normalized spacial score (nSPS) is 16.3. The summed E-state index contributed by atoms with van der Waals surface area (Å²) >= 11 is 1.70. The summed E-state index contributed by atoms with van der Waals surface area (Å²) in [7, 11) is 3.69. The van der Waals surface area contributed by atoms with Gasteiger partial charge < -0.3 is 14.7 Å². The summed E-state index contributed by atoms with van der Waals surface area (Å²) in [5.41, 5.74) is 2.57. The molecule has 0 unspecified atom stereocenters. The van der Waals surface area contributed by atoms with Gasteiger partial charge in [-0.2, -0.15) is 0 Å². The number of carbonyl (C=O) groups excluding carboxylic acids is 2. The van der Waals surface area contributed by atoms with E-state index in [1.807, 2.05) is 44.1 Å². The molecule has 0 spiro atoms. The Morgan fingerprint density at radius 2 is 1.84 bits per heavy atom. The maximum Gasteiger partial charge on any atom is 0.257 e. The fourth-order valence-corrected chi connectivity index (χ4v) is 4.63. The largest absolute Gasteiger partial charge is 0.347 e. The fourth-order valence-electron chi connectivity index (χ4n) is 3.89. The molecule has 1 aliphatic heterocycles. The molecule has 32 heavy (non-hydrogen) atoms. The second kappa shape index (κ2) is 9.48. The van der Waals surface area contributed by atoms with E-state index in [0.717, 1.165) is 11.1 Å². The van der Waals surface area contributed by atoms with Crippen molar-refractivity contribution < 1.29 is 9.59 Å². The Labute approximate surface area is 192 Å². The molecule has 1 aliphatic rings. The number of hydrogen-bond donors (Lipinski definition) is 0. The first-order valence-corrected chi connectivity index (χ1v) is 11.6. The number of piperazine rings is 1. The minimum absolute atomic E-state index is 0.0136. The number of carbonyl (C=O) groups is 2. The van der Waals surface area contributed by atoms with E-state index >= 15 is 0 Å². The van der Waals surface area contributed by atoms with E-state index < -0.39 is 6.04 Å². The van der Waals surface area contributed by atoms with Gasteiger partial charge in [-0.05, 0) is 29.5 Å². The van der Waals surface area contributed by atoms with Gasteiger partial charge in [-0.15, -0.1) is 11.3 Å². The van der Waals surface area contributed by atoms with Crippen molar-refractivity contribution >= 4 is 29.1 Å². The highest BCUT2D eigenvalue weighted by Crippen LogP contribution is 2.26. The zero-order chi connectivity index (χ0) is 22.7. The van der Waals surface area contributed by atoms with Crippen molar-refractivity contribution in [3.63, 3.8) is 0 Å². The molecule has 0 bridgehead atoms. The standard InChI is InChI=1S/C24H27N5O2S/c1-4-28-11-12-29(22(30)19-15-25-24(26-16-19)27(2)3)20(23(28)31)14-17-7-9-18(10-8-17)21-6-5-13-32-21/h5-10,13,15-16,20H,4,11-12,14H2,1-3H3/t20-/m0/s1. The van der Waals surface area contributed by atoms with Crippen molar-refractivity contribution in [3.05, 3.63) is 65.3 Å². The van der Waals surface area contributed by atoms with Crippen LogP contribution in [0, 0.1) is 0 Å². The van der Waals surface area contributed by atoms with Gasteiger partial charge in [0.05, 0.1) is 5.56 Å². The Morgan fingerprint density at radius 1 is 1.12 bits per heavy atom. The van der Waals surface area contributed by atoms with Crippen molar-refractivity contribution in [3.8, 4) is 10.4 Å². The number of likely N-dealkylation sites (N-methyl/N-ethyl adjacent to an activating group) is 1. The molecule has 0 radical (unpaired) electrons. The number of thiophene rings is 1. The van der Waals surface area contributed by atoms with E-state index in [4.69, 9.17) is 0 Å². The van der Waals surface area contributed by atoms with Gasteiger partial charge in [0.25, 0.3) is 5.91 Å². The maximum atomic E-state index is 13.3. The number of amides is 2. The van der Waals surface area contributed by atoms with E-state index in [-0.39, 0.29) is 11.8 Å². The Balaban J connectivity index is 1.57. The lowest BCUT2D eigenvalue weighted by Crippen LogP contribution is -2.59. The highest BCUT2D eigenvalue weighted by atomic mass is 32.1. The van der Waals surface area contributed by atoms with Crippen molar-refractivity contribution in [2.45, 2.75) is 19.4 Å². The van der Waals surface area contributed by atoms with E-state index in [0.29, 0.717) is 37.6 Å². The summed E-state index contributed by atoms with van der Waals surface area (Å²) in [4.78, 5) is 41.5. The SMILES string of the molecule is CCN1CCN(C(=O)c2cnc(N(C)C)nc2)[C@@H](Cc2ccc(-c3cccs3)cc2)C1=O. The molecule has 0 N–H and O–H groups in total.